The minimum atomic E-state index is -0.832. The zero-order chi connectivity index (χ0) is 13.1. The fraction of sp³-hybridized carbons (Fsp3) is 0.800. The molecule has 2 saturated carbocycles. The molecule has 3 rings (SSSR count). The Balaban J connectivity index is 1.87. The van der Waals surface area contributed by atoms with Crippen LogP contribution in [0.3, 0.4) is 0 Å². The van der Waals surface area contributed by atoms with Gasteiger partial charge in [-0.25, -0.2) is 4.79 Å². The van der Waals surface area contributed by atoms with Crippen molar-refractivity contribution in [3.8, 4) is 0 Å². The van der Waals surface area contributed by atoms with E-state index in [1.54, 1.807) is 0 Å². The molecule has 3 heteroatoms. The van der Waals surface area contributed by atoms with Gasteiger partial charge in [-0.05, 0) is 56.3 Å². The quantitative estimate of drug-likeness (QED) is 0.605. The van der Waals surface area contributed by atoms with Crippen LogP contribution in [-0.4, -0.2) is 22.8 Å². The minimum absolute atomic E-state index is 0.0370. The van der Waals surface area contributed by atoms with Gasteiger partial charge in [0.15, 0.2) is 0 Å². The number of hydrogen-bond acceptors (Lipinski definition) is 2. The zero-order valence-electron chi connectivity index (χ0n) is 11.2. The molecule has 2 aliphatic carbocycles. The van der Waals surface area contributed by atoms with E-state index in [2.05, 4.69) is 20.4 Å². The number of carboxylic acids is 1. The molecular weight excluding hydrogens is 228 g/mol. The first-order chi connectivity index (χ1) is 8.44. The van der Waals surface area contributed by atoms with Crippen molar-refractivity contribution in [3.05, 3.63) is 12.2 Å². The molecule has 0 radical (unpaired) electrons. The van der Waals surface area contributed by atoms with E-state index in [0.29, 0.717) is 23.3 Å². The number of rotatable bonds is 2. The molecule has 0 aromatic heterocycles. The first kappa shape index (κ1) is 12.2. The van der Waals surface area contributed by atoms with Crippen LogP contribution in [0.15, 0.2) is 12.2 Å². The molecule has 3 fully saturated rings. The fourth-order valence-corrected chi connectivity index (χ4v) is 4.40. The molecule has 0 aromatic rings. The molecule has 3 nitrogen and oxygen atoms in total. The highest BCUT2D eigenvalue weighted by molar-refractivity contribution is 5.86. The van der Waals surface area contributed by atoms with Crippen molar-refractivity contribution < 1.29 is 14.6 Å². The number of fused-ring (bicyclic) bond motifs is 3. The Bertz CT molecular complexity index is 403. The molecular formula is C15H22O3. The van der Waals surface area contributed by atoms with E-state index in [-0.39, 0.29) is 17.6 Å². The highest BCUT2D eigenvalue weighted by atomic mass is 16.6. The Hall–Kier alpha value is -0.830. The molecule has 1 saturated heterocycles. The molecule has 6 atom stereocenters. The van der Waals surface area contributed by atoms with Crippen LogP contribution in [0.1, 0.15) is 39.5 Å². The van der Waals surface area contributed by atoms with Crippen LogP contribution in [0.5, 0.6) is 0 Å². The van der Waals surface area contributed by atoms with E-state index >= 15 is 0 Å². The fourth-order valence-electron chi connectivity index (χ4n) is 4.40. The lowest BCUT2D eigenvalue weighted by atomic mass is 9.58. The van der Waals surface area contributed by atoms with Crippen molar-refractivity contribution in [3.63, 3.8) is 0 Å². The standard InChI is InChI=1S/C15H22O3/c1-8-4-5-11(9(2)14(16)17)12-10(8)6-7-15(3)13(12)18-15/h8,10-13H,2,4-7H2,1,3H3,(H,16,17). The van der Waals surface area contributed by atoms with E-state index in [4.69, 9.17) is 4.74 Å². The summed E-state index contributed by atoms with van der Waals surface area (Å²) >= 11 is 0. The molecule has 0 spiro atoms. The number of epoxide rings is 1. The Morgan fingerprint density at radius 3 is 2.78 bits per heavy atom. The lowest BCUT2D eigenvalue weighted by Gasteiger charge is -2.44. The summed E-state index contributed by atoms with van der Waals surface area (Å²) < 4.78 is 5.91. The van der Waals surface area contributed by atoms with Gasteiger partial charge in [-0.3, -0.25) is 0 Å². The lowest BCUT2D eigenvalue weighted by Crippen LogP contribution is -2.43. The van der Waals surface area contributed by atoms with E-state index in [1.807, 2.05) is 0 Å². The number of hydrogen-bond donors (Lipinski definition) is 1. The van der Waals surface area contributed by atoms with Gasteiger partial charge in [0.1, 0.15) is 0 Å². The molecule has 6 unspecified atom stereocenters. The zero-order valence-corrected chi connectivity index (χ0v) is 11.2. The van der Waals surface area contributed by atoms with Crippen molar-refractivity contribution in [2.45, 2.75) is 51.2 Å². The van der Waals surface area contributed by atoms with E-state index in [0.717, 1.165) is 19.3 Å². The monoisotopic (exact) mass is 250 g/mol. The highest BCUT2D eigenvalue weighted by Crippen LogP contribution is 2.60. The third-order valence-corrected chi connectivity index (χ3v) is 5.61. The Labute approximate surface area is 108 Å². The summed E-state index contributed by atoms with van der Waals surface area (Å²) in [6, 6.07) is 0. The minimum Gasteiger partial charge on any atom is -0.478 e. The predicted molar refractivity (Wildman–Crippen MR) is 68.2 cm³/mol. The third kappa shape index (κ3) is 1.63. The van der Waals surface area contributed by atoms with Crippen LogP contribution in [0.25, 0.3) is 0 Å². The van der Waals surface area contributed by atoms with Gasteiger partial charge >= 0.3 is 5.97 Å². The molecule has 1 heterocycles. The van der Waals surface area contributed by atoms with Gasteiger partial charge in [0.05, 0.1) is 11.7 Å². The van der Waals surface area contributed by atoms with E-state index in [1.165, 1.54) is 6.42 Å². The highest BCUT2D eigenvalue weighted by Gasteiger charge is 2.63. The average Bonchev–Trinajstić information content (AvgIpc) is 3.01. The lowest BCUT2D eigenvalue weighted by molar-refractivity contribution is -0.134. The number of carboxylic acid groups (broad SMARTS) is 1. The predicted octanol–water partition coefficient (Wildman–Crippen LogP) is 2.86. The average molecular weight is 250 g/mol. The molecule has 1 N–H and O–H groups in total. The van der Waals surface area contributed by atoms with Gasteiger partial charge in [0.2, 0.25) is 0 Å². The normalized spacial score (nSPS) is 50.0. The van der Waals surface area contributed by atoms with Gasteiger partial charge in [0.25, 0.3) is 0 Å². The molecule has 0 aromatic carbocycles. The Morgan fingerprint density at radius 1 is 1.39 bits per heavy atom. The van der Waals surface area contributed by atoms with Gasteiger partial charge < -0.3 is 9.84 Å². The summed E-state index contributed by atoms with van der Waals surface area (Å²) in [4.78, 5) is 11.2. The second-order valence-electron chi connectivity index (χ2n) is 6.62. The number of ether oxygens (including phenoxy) is 1. The van der Waals surface area contributed by atoms with Crippen LogP contribution in [0, 0.1) is 23.7 Å². The van der Waals surface area contributed by atoms with Gasteiger partial charge in [-0.15, -0.1) is 0 Å². The molecule has 100 valence electrons. The summed E-state index contributed by atoms with van der Waals surface area (Å²) in [5.74, 6) is 0.996. The maximum Gasteiger partial charge on any atom is 0.331 e. The molecule has 18 heavy (non-hydrogen) atoms. The van der Waals surface area contributed by atoms with E-state index < -0.39 is 5.97 Å². The van der Waals surface area contributed by atoms with Gasteiger partial charge in [-0.2, -0.15) is 0 Å². The van der Waals surface area contributed by atoms with Crippen LogP contribution >= 0.6 is 0 Å². The summed E-state index contributed by atoms with van der Waals surface area (Å²) in [5, 5.41) is 9.21. The largest absolute Gasteiger partial charge is 0.478 e. The van der Waals surface area contributed by atoms with Gasteiger partial charge in [0, 0.05) is 5.57 Å². The molecule has 3 aliphatic rings. The SMILES string of the molecule is C=C(C(=O)O)C1CCC(C)C2CCC3(C)OC3C12. The summed E-state index contributed by atoms with van der Waals surface area (Å²) in [6.45, 7) is 8.30. The molecule has 0 amide bonds. The van der Waals surface area contributed by atoms with Crippen LogP contribution in [0.4, 0.5) is 0 Å². The van der Waals surface area contributed by atoms with Crippen LogP contribution in [-0.2, 0) is 9.53 Å². The number of aliphatic carboxylic acids is 1. The second kappa shape index (κ2) is 3.83. The van der Waals surface area contributed by atoms with Crippen LogP contribution < -0.4 is 0 Å². The van der Waals surface area contributed by atoms with Crippen molar-refractivity contribution in [1.29, 1.82) is 0 Å². The summed E-state index contributed by atoms with van der Waals surface area (Å²) in [6.07, 6.45) is 4.68. The molecule has 0 bridgehead atoms. The van der Waals surface area contributed by atoms with Crippen LogP contribution in [0.2, 0.25) is 0 Å². The topological polar surface area (TPSA) is 49.8 Å². The Morgan fingerprint density at radius 2 is 2.11 bits per heavy atom. The molecule has 1 aliphatic heterocycles. The Kier molecular flexibility index (Phi) is 2.60. The third-order valence-electron chi connectivity index (χ3n) is 5.61. The first-order valence-corrected chi connectivity index (χ1v) is 7.04. The van der Waals surface area contributed by atoms with E-state index in [9.17, 15) is 9.90 Å². The van der Waals surface area contributed by atoms with Crippen molar-refractivity contribution in [2.24, 2.45) is 23.7 Å². The van der Waals surface area contributed by atoms with Crippen molar-refractivity contribution >= 4 is 5.97 Å². The smallest absolute Gasteiger partial charge is 0.331 e. The summed E-state index contributed by atoms with van der Waals surface area (Å²) in [5.41, 5.74) is 0.437. The number of carbonyl (C=O) groups is 1. The second-order valence-corrected chi connectivity index (χ2v) is 6.62. The van der Waals surface area contributed by atoms with Crippen molar-refractivity contribution in [2.75, 3.05) is 0 Å². The first-order valence-electron chi connectivity index (χ1n) is 7.04. The van der Waals surface area contributed by atoms with Gasteiger partial charge in [-0.1, -0.05) is 13.5 Å². The maximum atomic E-state index is 11.2. The maximum absolute atomic E-state index is 11.2. The summed E-state index contributed by atoms with van der Waals surface area (Å²) in [7, 11) is 0. The van der Waals surface area contributed by atoms with Crippen molar-refractivity contribution in [1.82, 2.24) is 0 Å².